The van der Waals surface area contributed by atoms with E-state index in [1.807, 2.05) is 0 Å². The standard InChI is InChI=1S/C12H25N3/c1-14-6-4-12-10-11(2-5-13)3-7-15(12)9-8-14/h11-12H,2-10,13H2,1H3. The van der Waals surface area contributed by atoms with Crippen LogP contribution in [-0.4, -0.2) is 55.6 Å². The van der Waals surface area contributed by atoms with E-state index in [2.05, 4.69) is 16.8 Å². The van der Waals surface area contributed by atoms with Gasteiger partial charge in [0, 0.05) is 19.1 Å². The molecule has 15 heavy (non-hydrogen) atoms. The molecule has 3 heteroatoms. The average Bonchev–Trinajstić information content (AvgIpc) is 2.42. The summed E-state index contributed by atoms with van der Waals surface area (Å²) in [6.45, 7) is 5.98. The zero-order chi connectivity index (χ0) is 10.7. The van der Waals surface area contributed by atoms with Gasteiger partial charge in [0.05, 0.1) is 0 Å². The van der Waals surface area contributed by atoms with Crippen LogP contribution in [0.2, 0.25) is 0 Å². The Hall–Kier alpha value is -0.120. The molecule has 0 aromatic carbocycles. The molecule has 2 aliphatic heterocycles. The van der Waals surface area contributed by atoms with Gasteiger partial charge in [0.1, 0.15) is 0 Å². The maximum atomic E-state index is 5.66. The molecule has 0 bridgehead atoms. The van der Waals surface area contributed by atoms with Crippen molar-refractivity contribution in [3.05, 3.63) is 0 Å². The first-order valence-corrected chi connectivity index (χ1v) is 6.42. The van der Waals surface area contributed by atoms with Gasteiger partial charge in [-0.2, -0.15) is 0 Å². The molecule has 0 radical (unpaired) electrons. The van der Waals surface area contributed by atoms with Crippen LogP contribution in [0.5, 0.6) is 0 Å². The van der Waals surface area contributed by atoms with E-state index in [1.54, 1.807) is 0 Å². The summed E-state index contributed by atoms with van der Waals surface area (Å²) in [5.74, 6) is 0.902. The number of hydrogen-bond donors (Lipinski definition) is 1. The fourth-order valence-electron chi connectivity index (χ4n) is 3.06. The second kappa shape index (κ2) is 5.28. The predicted molar refractivity (Wildman–Crippen MR) is 63.9 cm³/mol. The number of piperidine rings is 1. The van der Waals surface area contributed by atoms with Gasteiger partial charge < -0.3 is 10.6 Å². The topological polar surface area (TPSA) is 32.5 Å². The normalized spacial score (nSPS) is 34.8. The average molecular weight is 211 g/mol. The van der Waals surface area contributed by atoms with Crippen LogP contribution in [-0.2, 0) is 0 Å². The number of fused-ring (bicyclic) bond motifs is 1. The fourth-order valence-corrected chi connectivity index (χ4v) is 3.06. The highest BCUT2D eigenvalue weighted by atomic mass is 15.2. The molecule has 2 fully saturated rings. The van der Waals surface area contributed by atoms with E-state index in [4.69, 9.17) is 5.73 Å². The Balaban J connectivity index is 1.88. The maximum absolute atomic E-state index is 5.66. The lowest BCUT2D eigenvalue weighted by Gasteiger charge is -2.38. The smallest absolute Gasteiger partial charge is 0.0112 e. The quantitative estimate of drug-likeness (QED) is 0.731. The maximum Gasteiger partial charge on any atom is 0.0112 e. The van der Waals surface area contributed by atoms with Gasteiger partial charge in [0.25, 0.3) is 0 Å². The summed E-state index contributed by atoms with van der Waals surface area (Å²) in [6, 6.07) is 0.847. The van der Waals surface area contributed by atoms with E-state index in [1.165, 1.54) is 51.9 Å². The molecule has 0 saturated carbocycles. The van der Waals surface area contributed by atoms with Crippen molar-refractivity contribution in [2.24, 2.45) is 11.7 Å². The Kier molecular flexibility index (Phi) is 4.00. The van der Waals surface area contributed by atoms with Gasteiger partial charge in [-0.25, -0.2) is 0 Å². The molecule has 0 aromatic heterocycles. The predicted octanol–water partition coefficient (Wildman–Crippen LogP) is 0.751. The van der Waals surface area contributed by atoms with Crippen molar-refractivity contribution < 1.29 is 0 Å². The van der Waals surface area contributed by atoms with E-state index < -0.39 is 0 Å². The molecule has 2 saturated heterocycles. The van der Waals surface area contributed by atoms with E-state index in [9.17, 15) is 0 Å². The lowest BCUT2D eigenvalue weighted by molar-refractivity contribution is 0.115. The van der Waals surface area contributed by atoms with Gasteiger partial charge in [0.15, 0.2) is 0 Å². The molecule has 0 aliphatic carbocycles. The molecular formula is C12H25N3. The first-order valence-electron chi connectivity index (χ1n) is 6.42. The van der Waals surface area contributed by atoms with Crippen molar-refractivity contribution in [3.8, 4) is 0 Å². The van der Waals surface area contributed by atoms with Crippen LogP contribution >= 0.6 is 0 Å². The van der Waals surface area contributed by atoms with Crippen LogP contribution in [0.1, 0.15) is 25.7 Å². The van der Waals surface area contributed by atoms with Crippen molar-refractivity contribution >= 4 is 0 Å². The second-order valence-corrected chi connectivity index (χ2v) is 5.25. The highest BCUT2D eigenvalue weighted by Gasteiger charge is 2.29. The monoisotopic (exact) mass is 211 g/mol. The molecule has 2 unspecified atom stereocenters. The largest absolute Gasteiger partial charge is 0.330 e. The van der Waals surface area contributed by atoms with Gasteiger partial charge in [-0.15, -0.1) is 0 Å². The number of hydrogen-bond acceptors (Lipinski definition) is 3. The van der Waals surface area contributed by atoms with Crippen LogP contribution in [0.4, 0.5) is 0 Å². The molecule has 2 rings (SSSR count). The summed E-state index contributed by atoms with van der Waals surface area (Å²) in [5.41, 5.74) is 5.66. The minimum Gasteiger partial charge on any atom is -0.330 e. The van der Waals surface area contributed by atoms with Gasteiger partial charge in [-0.3, -0.25) is 4.90 Å². The summed E-state index contributed by atoms with van der Waals surface area (Å²) in [6.07, 6.45) is 5.36. The lowest BCUT2D eigenvalue weighted by Crippen LogP contribution is -2.43. The number of nitrogens with two attached hydrogens (primary N) is 1. The Morgan fingerprint density at radius 1 is 1.13 bits per heavy atom. The molecular weight excluding hydrogens is 186 g/mol. The van der Waals surface area contributed by atoms with E-state index in [-0.39, 0.29) is 0 Å². The van der Waals surface area contributed by atoms with Gasteiger partial charge in [-0.05, 0) is 58.3 Å². The van der Waals surface area contributed by atoms with Crippen LogP contribution in [0.25, 0.3) is 0 Å². The van der Waals surface area contributed by atoms with Crippen LogP contribution < -0.4 is 5.73 Å². The lowest BCUT2D eigenvalue weighted by atomic mass is 9.87. The Morgan fingerprint density at radius 3 is 2.80 bits per heavy atom. The fraction of sp³-hybridized carbons (Fsp3) is 1.00. The first kappa shape index (κ1) is 11.4. The third-order valence-electron chi connectivity index (χ3n) is 4.13. The molecule has 88 valence electrons. The van der Waals surface area contributed by atoms with Crippen molar-refractivity contribution in [3.63, 3.8) is 0 Å². The van der Waals surface area contributed by atoms with E-state index >= 15 is 0 Å². The molecule has 2 heterocycles. The van der Waals surface area contributed by atoms with Crippen LogP contribution in [0.15, 0.2) is 0 Å². The molecule has 0 spiro atoms. The molecule has 2 atom stereocenters. The van der Waals surface area contributed by atoms with Crippen molar-refractivity contribution in [2.45, 2.75) is 31.7 Å². The summed E-state index contributed by atoms with van der Waals surface area (Å²) >= 11 is 0. The van der Waals surface area contributed by atoms with Crippen molar-refractivity contribution in [1.29, 1.82) is 0 Å². The first-order chi connectivity index (χ1) is 7.29. The van der Waals surface area contributed by atoms with Crippen molar-refractivity contribution in [1.82, 2.24) is 9.80 Å². The van der Waals surface area contributed by atoms with Gasteiger partial charge in [0.2, 0.25) is 0 Å². The molecule has 3 nitrogen and oxygen atoms in total. The third kappa shape index (κ3) is 2.92. The highest BCUT2D eigenvalue weighted by molar-refractivity contribution is 4.85. The zero-order valence-electron chi connectivity index (χ0n) is 9.99. The van der Waals surface area contributed by atoms with Crippen LogP contribution in [0, 0.1) is 5.92 Å². The molecule has 2 aliphatic rings. The van der Waals surface area contributed by atoms with E-state index in [0.29, 0.717) is 0 Å². The SMILES string of the molecule is CN1CCC2CC(CCN)CCN2CC1. The summed E-state index contributed by atoms with van der Waals surface area (Å²) in [7, 11) is 2.25. The molecule has 0 amide bonds. The zero-order valence-corrected chi connectivity index (χ0v) is 9.99. The second-order valence-electron chi connectivity index (χ2n) is 5.25. The number of rotatable bonds is 2. The minimum atomic E-state index is 0.847. The number of likely N-dealkylation sites (N-methyl/N-ethyl adjacent to an activating group) is 1. The number of nitrogens with zero attached hydrogens (tertiary/aromatic N) is 2. The minimum absolute atomic E-state index is 0.847. The Morgan fingerprint density at radius 2 is 2.00 bits per heavy atom. The van der Waals surface area contributed by atoms with Crippen LogP contribution in [0.3, 0.4) is 0 Å². The Labute approximate surface area is 93.6 Å². The summed E-state index contributed by atoms with van der Waals surface area (Å²) < 4.78 is 0. The molecule has 0 aromatic rings. The van der Waals surface area contributed by atoms with Crippen molar-refractivity contribution in [2.75, 3.05) is 39.8 Å². The van der Waals surface area contributed by atoms with E-state index in [0.717, 1.165) is 18.5 Å². The van der Waals surface area contributed by atoms with Gasteiger partial charge in [-0.1, -0.05) is 0 Å². The summed E-state index contributed by atoms with van der Waals surface area (Å²) in [5, 5.41) is 0. The highest BCUT2D eigenvalue weighted by Crippen LogP contribution is 2.27. The third-order valence-corrected chi connectivity index (χ3v) is 4.13. The Bertz CT molecular complexity index is 195. The van der Waals surface area contributed by atoms with Gasteiger partial charge >= 0.3 is 0 Å². The molecule has 2 N–H and O–H groups in total. The summed E-state index contributed by atoms with van der Waals surface area (Å²) in [4.78, 5) is 5.17.